The number of benzene rings is 2. The molecule has 1 saturated heterocycles. The number of ether oxygens (including phenoxy) is 2. The van der Waals surface area contributed by atoms with Crippen molar-refractivity contribution in [2.24, 2.45) is 0 Å². The Balaban J connectivity index is 1.67. The van der Waals surface area contributed by atoms with Gasteiger partial charge in [0.1, 0.15) is 5.75 Å². The van der Waals surface area contributed by atoms with Gasteiger partial charge in [-0.1, -0.05) is 42.1 Å². The summed E-state index contributed by atoms with van der Waals surface area (Å²) in [5.74, 6) is 1.57. The Morgan fingerprint density at radius 1 is 1.21 bits per heavy atom. The van der Waals surface area contributed by atoms with Crippen LogP contribution in [-0.4, -0.2) is 28.9 Å². The predicted molar refractivity (Wildman–Crippen MR) is 112 cm³/mol. The summed E-state index contributed by atoms with van der Waals surface area (Å²) >= 11 is 1.57. The van der Waals surface area contributed by atoms with E-state index in [9.17, 15) is 4.79 Å². The number of aromatic nitrogens is 2. The zero-order valence-electron chi connectivity index (χ0n) is 16.0. The van der Waals surface area contributed by atoms with Gasteiger partial charge in [-0.2, -0.15) is 0 Å². The first-order valence-electron chi connectivity index (χ1n) is 9.71. The smallest absolute Gasteiger partial charge is 0.262 e. The number of rotatable bonds is 7. The summed E-state index contributed by atoms with van der Waals surface area (Å²) in [6, 6.07) is 15.5. The highest BCUT2D eigenvalue weighted by atomic mass is 32.2. The lowest BCUT2D eigenvalue weighted by Gasteiger charge is -2.17. The predicted octanol–water partition coefficient (Wildman–Crippen LogP) is 4.27. The molecular weight excluding hydrogens is 372 g/mol. The second-order valence-corrected chi connectivity index (χ2v) is 7.73. The first-order chi connectivity index (χ1) is 13.8. The maximum absolute atomic E-state index is 13.1. The highest BCUT2D eigenvalue weighted by Gasteiger charge is 2.20. The van der Waals surface area contributed by atoms with Crippen molar-refractivity contribution < 1.29 is 9.47 Å². The van der Waals surface area contributed by atoms with Crippen molar-refractivity contribution in [2.45, 2.75) is 43.3 Å². The summed E-state index contributed by atoms with van der Waals surface area (Å²) in [6.45, 7) is 3.92. The molecule has 6 heteroatoms. The summed E-state index contributed by atoms with van der Waals surface area (Å²) in [5.41, 5.74) is 1.83. The number of hydrogen-bond donors (Lipinski definition) is 0. The molecule has 0 radical (unpaired) electrons. The van der Waals surface area contributed by atoms with Crippen LogP contribution in [0.1, 0.15) is 25.3 Å². The Bertz CT molecular complexity index is 1010. The van der Waals surface area contributed by atoms with Crippen molar-refractivity contribution in [1.82, 2.24) is 9.55 Å². The lowest BCUT2D eigenvalue weighted by molar-refractivity contribution is 0.0937. The highest BCUT2D eigenvalue weighted by molar-refractivity contribution is 7.98. The number of hydrogen-bond acceptors (Lipinski definition) is 5. The van der Waals surface area contributed by atoms with E-state index in [1.807, 2.05) is 49.4 Å². The van der Waals surface area contributed by atoms with Gasteiger partial charge in [-0.05, 0) is 38.0 Å². The van der Waals surface area contributed by atoms with Crippen LogP contribution < -0.4 is 10.3 Å². The van der Waals surface area contributed by atoms with E-state index in [4.69, 9.17) is 14.5 Å². The van der Waals surface area contributed by atoms with E-state index in [0.29, 0.717) is 24.3 Å². The molecule has 146 valence electrons. The molecule has 28 heavy (non-hydrogen) atoms. The lowest BCUT2D eigenvalue weighted by atomic mass is 10.2. The highest BCUT2D eigenvalue weighted by Crippen LogP contribution is 2.28. The van der Waals surface area contributed by atoms with Crippen LogP contribution in [0.2, 0.25) is 0 Å². The Morgan fingerprint density at radius 2 is 2.04 bits per heavy atom. The molecule has 0 bridgehead atoms. The molecule has 1 atom stereocenters. The normalized spacial score (nSPS) is 16.5. The van der Waals surface area contributed by atoms with Crippen LogP contribution in [0.15, 0.2) is 58.5 Å². The van der Waals surface area contributed by atoms with Crippen molar-refractivity contribution in [2.75, 3.05) is 13.2 Å². The first kappa shape index (κ1) is 19.0. The molecule has 1 aliphatic heterocycles. The SMILES string of the molecule is CCOc1ccccc1CSc1nc2ccccc2c(=O)n1CC1CCCO1. The zero-order chi connectivity index (χ0) is 19.3. The molecule has 0 aliphatic carbocycles. The van der Waals surface area contributed by atoms with Gasteiger partial charge in [-0.25, -0.2) is 4.98 Å². The monoisotopic (exact) mass is 396 g/mol. The Morgan fingerprint density at radius 3 is 2.86 bits per heavy atom. The Labute approximate surface area is 168 Å². The zero-order valence-corrected chi connectivity index (χ0v) is 16.8. The minimum Gasteiger partial charge on any atom is -0.494 e. The van der Waals surface area contributed by atoms with Crippen molar-refractivity contribution >= 4 is 22.7 Å². The molecule has 2 aromatic carbocycles. The molecule has 4 rings (SSSR count). The molecule has 5 nitrogen and oxygen atoms in total. The lowest BCUT2D eigenvalue weighted by Crippen LogP contribution is -2.28. The standard InChI is InChI=1S/C22H24N2O3S/c1-2-26-20-12-6-3-8-16(20)15-28-22-23-19-11-5-4-10-18(19)21(25)24(22)14-17-9-7-13-27-17/h3-6,8,10-12,17H,2,7,9,13-15H2,1H3. The number of nitrogens with zero attached hydrogens (tertiary/aromatic N) is 2. The summed E-state index contributed by atoms with van der Waals surface area (Å²) in [5, 5.41) is 1.38. The molecule has 1 aromatic heterocycles. The van der Waals surface area contributed by atoms with Crippen LogP contribution in [0.4, 0.5) is 0 Å². The molecule has 1 aliphatic rings. The van der Waals surface area contributed by atoms with Crippen LogP contribution in [0.3, 0.4) is 0 Å². The molecule has 1 unspecified atom stereocenters. The fraction of sp³-hybridized carbons (Fsp3) is 0.364. The minimum atomic E-state index is 0.00157. The quantitative estimate of drug-likeness (QED) is 0.441. The van der Waals surface area contributed by atoms with Crippen molar-refractivity contribution in [3.8, 4) is 5.75 Å². The second-order valence-electron chi connectivity index (χ2n) is 6.79. The second kappa shape index (κ2) is 8.80. The molecule has 2 heterocycles. The van der Waals surface area contributed by atoms with Gasteiger partial charge in [0.15, 0.2) is 5.16 Å². The van der Waals surface area contributed by atoms with Crippen molar-refractivity contribution in [3.63, 3.8) is 0 Å². The van der Waals surface area contributed by atoms with Crippen LogP contribution in [0.5, 0.6) is 5.75 Å². The Kier molecular flexibility index (Phi) is 5.98. The van der Waals surface area contributed by atoms with Crippen LogP contribution in [-0.2, 0) is 17.0 Å². The van der Waals surface area contributed by atoms with Gasteiger partial charge in [0.25, 0.3) is 5.56 Å². The van der Waals surface area contributed by atoms with E-state index in [2.05, 4.69) is 6.07 Å². The molecule has 0 saturated carbocycles. The molecular formula is C22H24N2O3S. The van der Waals surface area contributed by atoms with E-state index in [-0.39, 0.29) is 11.7 Å². The van der Waals surface area contributed by atoms with Gasteiger partial charge in [0.05, 0.1) is 30.2 Å². The fourth-order valence-electron chi connectivity index (χ4n) is 3.47. The van der Waals surface area contributed by atoms with Gasteiger partial charge in [0, 0.05) is 17.9 Å². The summed E-state index contributed by atoms with van der Waals surface area (Å²) in [4.78, 5) is 17.9. The van der Waals surface area contributed by atoms with Gasteiger partial charge in [-0.15, -0.1) is 0 Å². The number of thioether (sulfide) groups is 1. The van der Waals surface area contributed by atoms with Crippen molar-refractivity contribution in [3.05, 3.63) is 64.4 Å². The summed E-state index contributed by atoms with van der Waals surface area (Å²) in [6.07, 6.45) is 2.11. The van der Waals surface area contributed by atoms with E-state index in [1.165, 1.54) is 0 Å². The third-order valence-corrected chi connectivity index (χ3v) is 5.89. The average Bonchev–Trinajstić information content (AvgIpc) is 3.23. The third-order valence-electron chi connectivity index (χ3n) is 4.87. The maximum atomic E-state index is 13.1. The summed E-state index contributed by atoms with van der Waals surface area (Å²) in [7, 11) is 0. The maximum Gasteiger partial charge on any atom is 0.262 e. The van der Waals surface area contributed by atoms with E-state index < -0.39 is 0 Å². The molecule has 0 spiro atoms. The third kappa shape index (κ3) is 4.08. The summed E-state index contributed by atoms with van der Waals surface area (Å²) < 4.78 is 13.3. The molecule has 1 fully saturated rings. The van der Waals surface area contributed by atoms with Gasteiger partial charge in [-0.3, -0.25) is 9.36 Å². The van der Waals surface area contributed by atoms with Crippen LogP contribution in [0.25, 0.3) is 10.9 Å². The van der Waals surface area contributed by atoms with E-state index >= 15 is 0 Å². The Hall–Kier alpha value is -2.31. The van der Waals surface area contributed by atoms with Gasteiger partial charge < -0.3 is 9.47 Å². The van der Waals surface area contributed by atoms with Crippen LogP contribution >= 0.6 is 11.8 Å². The number of fused-ring (bicyclic) bond motifs is 1. The minimum absolute atomic E-state index is 0.00157. The van der Waals surface area contributed by atoms with Crippen molar-refractivity contribution in [1.29, 1.82) is 0 Å². The van der Waals surface area contributed by atoms with Crippen LogP contribution in [0, 0.1) is 0 Å². The fourth-order valence-corrected chi connectivity index (χ4v) is 4.47. The van der Waals surface area contributed by atoms with E-state index in [0.717, 1.165) is 41.4 Å². The molecule has 3 aromatic rings. The van der Waals surface area contributed by atoms with Gasteiger partial charge >= 0.3 is 0 Å². The molecule has 0 amide bonds. The number of para-hydroxylation sites is 2. The first-order valence-corrected chi connectivity index (χ1v) is 10.7. The largest absolute Gasteiger partial charge is 0.494 e. The van der Waals surface area contributed by atoms with Gasteiger partial charge in [0.2, 0.25) is 0 Å². The molecule has 0 N–H and O–H groups in total. The topological polar surface area (TPSA) is 53.3 Å². The van der Waals surface area contributed by atoms with E-state index in [1.54, 1.807) is 16.3 Å². The average molecular weight is 397 g/mol.